The Kier molecular flexibility index (Phi) is 3.37. The van der Waals surface area contributed by atoms with Gasteiger partial charge in [0.25, 0.3) is 10.0 Å². The van der Waals surface area contributed by atoms with Gasteiger partial charge in [0, 0.05) is 6.54 Å². The third kappa shape index (κ3) is 2.38. The Labute approximate surface area is 125 Å². The van der Waals surface area contributed by atoms with Crippen LogP contribution in [0.5, 0.6) is 0 Å². The highest BCUT2D eigenvalue weighted by molar-refractivity contribution is 7.93. The molecule has 0 saturated carbocycles. The first-order valence-electron chi connectivity index (χ1n) is 6.93. The van der Waals surface area contributed by atoms with Crippen molar-refractivity contribution >= 4 is 21.4 Å². The van der Waals surface area contributed by atoms with Crippen molar-refractivity contribution in [3.63, 3.8) is 0 Å². The van der Waals surface area contributed by atoms with Gasteiger partial charge >= 0.3 is 0 Å². The van der Waals surface area contributed by atoms with E-state index >= 15 is 0 Å². The van der Waals surface area contributed by atoms with Crippen molar-refractivity contribution in [2.45, 2.75) is 18.7 Å². The maximum absolute atomic E-state index is 13.0. The van der Waals surface area contributed by atoms with E-state index in [1.165, 1.54) is 4.31 Å². The van der Waals surface area contributed by atoms with Gasteiger partial charge < -0.3 is 5.32 Å². The maximum atomic E-state index is 13.0. The van der Waals surface area contributed by atoms with Crippen LogP contribution in [0.15, 0.2) is 47.4 Å². The number of sulfonamides is 1. The molecule has 5 heteroatoms. The molecular formula is C16H18N2O2S. The number of nitrogens with zero attached hydrogens (tertiary/aromatic N) is 1. The predicted molar refractivity (Wildman–Crippen MR) is 85.4 cm³/mol. The standard InChI is InChI=1S/C16H18N2O2S/c1-12-7-8-16(13(2)11-12)21(19,20)18-10-9-17-14-5-3-4-6-15(14)18/h3-8,11,17H,9-10H2,1-2H3. The zero-order valence-corrected chi connectivity index (χ0v) is 12.9. The number of benzene rings is 2. The topological polar surface area (TPSA) is 49.4 Å². The summed E-state index contributed by atoms with van der Waals surface area (Å²) in [6, 6.07) is 12.9. The van der Waals surface area contributed by atoms with Crippen LogP contribution in [0.25, 0.3) is 0 Å². The van der Waals surface area contributed by atoms with Crippen molar-refractivity contribution < 1.29 is 8.42 Å². The van der Waals surface area contributed by atoms with Gasteiger partial charge in [0.1, 0.15) is 0 Å². The number of nitrogens with one attached hydrogen (secondary N) is 1. The van der Waals surface area contributed by atoms with E-state index in [1.807, 2.05) is 50.2 Å². The molecule has 0 spiro atoms. The summed E-state index contributed by atoms with van der Waals surface area (Å²) in [6.45, 7) is 4.85. The van der Waals surface area contributed by atoms with E-state index in [2.05, 4.69) is 5.32 Å². The third-order valence-electron chi connectivity index (χ3n) is 3.70. The molecule has 1 N–H and O–H groups in total. The summed E-state index contributed by atoms with van der Waals surface area (Å²) in [5.41, 5.74) is 3.42. The SMILES string of the molecule is Cc1ccc(S(=O)(=O)N2CCNc3ccccc32)c(C)c1. The summed E-state index contributed by atoms with van der Waals surface area (Å²) < 4.78 is 27.5. The van der Waals surface area contributed by atoms with Crippen molar-refractivity contribution in [1.29, 1.82) is 0 Å². The normalized spacial score (nSPS) is 14.5. The van der Waals surface area contributed by atoms with Crippen LogP contribution < -0.4 is 9.62 Å². The molecule has 0 bridgehead atoms. The molecule has 21 heavy (non-hydrogen) atoms. The van der Waals surface area contributed by atoms with Gasteiger partial charge in [0.15, 0.2) is 0 Å². The lowest BCUT2D eigenvalue weighted by Gasteiger charge is -2.31. The van der Waals surface area contributed by atoms with E-state index in [-0.39, 0.29) is 0 Å². The van der Waals surface area contributed by atoms with Crippen LogP contribution >= 0.6 is 0 Å². The molecule has 2 aromatic rings. The maximum Gasteiger partial charge on any atom is 0.264 e. The zero-order chi connectivity index (χ0) is 15.0. The number of hydrogen-bond donors (Lipinski definition) is 1. The molecule has 0 aromatic heterocycles. The molecule has 1 aliphatic rings. The Morgan fingerprint density at radius 3 is 2.62 bits per heavy atom. The Morgan fingerprint density at radius 2 is 1.86 bits per heavy atom. The van der Waals surface area contributed by atoms with Crippen molar-refractivity contribution in [1.82, 2.24) is 0 Å². The van der Waals surface area contributed by atoms with Crippen LogP contribution in [-0.4, -0.2) is 21.5 Å². The van der Waals surface area contributed by atoms with Crippen molar-refractivity contribution in [3.05, 3.63) is 53.6 Å². The quantitative estimate of drug-likeness (QED) is 0.928. The van der Waals surface area contributed by atoms with Crippen molar-refractivity contribution in [3.8, 4) is 0 Å². The van der Waals surface area contributed by atoms with E-state index in [1.54, 1.807) is 6.07 Å². The van der Waals surface area contributed by atoms with Gasteiger partial charge in [-0.25, -0.2) is 8.42 Å². The molecule has 0 fully saturated rings. The molecule has 2 aromatic carbocycles. The van der Waals surface area contributed by atoms with Crippen LogP contribution in [0.2, 0.25) is 0 Å². The van der Waals surface area contributed by atoms with E-state index in [4.69, 9.17) is 0 Å². The molecular weight excluding hydrogens is 284 g/mol. The second-order valence-electron chi connectivity index (χ2n) is 5.29. The first-order chi connectivity index (χ1) is 10.00. The molecule has 4 nitrogen and oxygen atoms in total. The van der Waals surface area contributed by atoms with Gasteiger partial charge in [-0.2, -0.15) is 0 Å². The summed E-state index contributed by atoms with van der Waals surface area (Å²) in [6.07, 6.45) is 0. The third-order valence-corrected chi connectivity index (χ3v) is 5.67. The Bertz CT molecular complexity index is 785. The number of hydrogen-bond acceptors (Lipinski definition) is 3. The van der Waals surface area contributed by atoms with E-state index < -0.39 is 10.0 Å². The lowest BCUT2D eigenvalue weighted by Crippen LogP contribution is -2.39. The van der Waals surface area contributed by atoms with Gasteiger partial charge in [-0.15, -0.1) is 0 Å². The second-order valence-corrected chi connectivity index (χ2v) is 7.12. The van der Waals surface area contributed by atoms with Crippen LogP contribution in [0.3, 0.4) is 0 Å². The molecule has 3 rings (SSSR count). The number of aryl methyl sites for hydroxylation is 2. The Morgan fingerprint density at radius 1 is 1.10 bits per heavy atom. The van der Waals surface area contributed by atoms with Gasteiger partial charge in [0.2, 0.25) is 0 Å². The number of para-hydroxylation sites is 2. The average molecular weight is 302 g/mol. The summed E-state index contributed by atoms with van der Waals surface area (Å²) in [7, 11) is -3.53. The highest BCUT2D eigenvalue weighted by Gasteiger charge is 2.29. The number of anilines is 2. The fourth-order valence-corrected chi connectivity index (χ4v) is 4.40. The van der Waals surface area contributed by atoms with Crippen LogP contribution in [0.1, 0.15) is 11.1 Å². The Hall–Kier alpha value is -2.01. The van der Waals surface area contributed by atoms with Crippen molar-refractivity contribution in [2.75, 3.05) is 22.7 Å². The summed E-state index contributed by atoms with van der Waals surface area (Å²) >= 11 is 0. The molecule has 0 aliphatic carbocycles. The minimum absolute atomic E-state index is 0.379. The first kappa shape index (κ1) is 13.9. The fourth-order valence-electron chi connectivity index (χ4n) is 2.71. The van der Waals surface area contributed by atoms with Gasteiger partial charge in [-0.1, -0.05) is 29.8 Å². The van der Waals surface area contributed by atoms with E-state index in [0.717, 1.165) is 16.8 Å². The zero-order valence-electron chi connectivity index (χ0n) is 12.1. The van der Waals surface area contributed by atoms with E-state index in [9.17, 15) is 8.42 Å². The molecule has 0 atom stereocenters. The molecule has 1 heterocycles. The Balaban J connectivity index is 2.12. The smallest absolute Gasteiger partial charge is 0.264 e. The first-order valence-corrected chi connectivity index (χ1v) is 8.37. The predicted octanol–water partition coefficient (Wildman–Crippen LogP) is 2.92. The van der Waals surface area contributed by atoms with Gasteiger partial charge in [-0.3, -0.25) is 4.31 Å². The van der Waals surface area contributed by atoms with Gasteiger partial charge in [-0.05, 0) is 37.6 Å². The molecule has 0 unspecified atom stereocenters. The summed E-state index contributed by atoms with van der Waals surface area (Å²) in [5, 5.41) is 3.23. The highest BCUT2D eigenvalue weighted by atomic mass is 32.2. The largest absolute Gasteiger partial charge is 0.382 e. The summed E-state index contributed by atoms with van der Waals surface area (Å²) in [4.78, 5) is 0.379. The molecule has 110 valence electrons. The molecule has 0 amide bonds. The van der Waals surface area contributed by atoms with Crippen LogP contribution in [-0.2, 0) is 10.0 Å². The van der Waals surface area contributed by atoms with Crippen LogP contribution in [0.4, 0.5) is 11.4 Å². The van der Waals surface area contributed by atoms with Crippen molar-refractivity contribution in [2.24, 2.45) is 0 Å². The molecule has 0 saturated heterocycles. The lowest BCUT2D eigenvalue weighted by molar-refractivity contribution is 0.590. The number of fused-ring (bicyclic) bond motifs is 1. The highest BCUT2D eigenvalue weighted by Crippen LogP contribution is 2.33. The second kappa shape index (κ2) is 5.07. The minimum Gasteiger partial charge on any atom is -0.382 e. The monoisotopic (exact) mass is 302 g/mol. The van der Waals surface area contributed by atoms with Gasteiger partial charge in [0.05, 0.1) is 22.8 Å². The van der Waals surface area contributed by atoms with Crippen LogP contribution in [0, 0.1) is 13.8 Å². The number of rotatable bonds is 2. The summed E-state index contributed by atoms with van der Waals surface area (Å²) in [5.74, 6) is 0. The fraction of sp³-hybridized carbons (Fsp3) is 0.250. The minimum atomic E-state index is -3.53. The molecule has 1 aliphatic heterocycles. The lowest BCUT2D eigenvalue weighted by atomic mass is 10.2. The molecule has 0 radical (unpaired) electrons. The van der Waals surface area contributed by atoms with E-state index in [0.29, 0.717) is 23.7 Å². The average Bonchev–Trinajstić information content (AvgIpc) is 2.46.